The number of benzene rings is 1. The Morgan fingerprint density at radius 3 is 2.62 bits per heavy atom. The zero-order valence-corrected chi connectivity index (χ0v) is 13.3. The van der Waals surface area contributed by atoms with E-state index in [4.69, 9.17) is 33.0 Å². The molecule has 0 unspecified atom stereocenters. The molecule has 0 spiro atoms. The Balaban J connectivity index is 2.48. The highest BCUT2D eigenvalue weighted by molar-refractivity contribution is 8.28. The smallest absolute Gasteiger partial charge is 0.341 e. The van der Waals surface area contributed by atoms with E-state index in [1.807, 2.05) is 6.92 Å². The van der Waals surface area contributed by atoms with Crippen molar-refractivity contribution < 1.29 is 23.7 Å². The fourth-order valence-electron chi connectivity index (χ4n) is 2.06. The van der Waals surface area contributed by atoms with Gasteiger partial charge in [-0.25, -0.2) is 4.79 Å². The summed E-state index contributed by atoms with van der Waals surface area (Å²) in [5.41, 5.74) is 0.369. The van der Waals surface area contributed by atoms with Crippen LogP contribution in [0.1, 0.15) is 25.3 Å². The van der Waals surface area contributed by atoms with Gasteiger partial charge >= 0.3 is 5.97 Å². The summed E-state index contributed by atoms with van der Waals surface area (Å²) in [7, 11) is -3.64. The first-order chi connectivity index (χ1) is 9.78. The Bertz CT molecular complexity index is 627. The molecule has 0 fully saturated rings. The van der Waals surface area contributed by atoms with Crippen LogP contribution in [-0.2, 0) is 4.79 Å². The molecule has 2 rings (SSSR count). The number of fused-ring (bicyclic) bond motifs is 1. The molecule has 1 N–H and O–H groups in total. The molecule has 0 saturated carbocycles. The van der Waals surface area contributed by atoms with E-state index < -0.39 is 23.2 Å². The van der Waals surface area contributed by atoms with Crippen molar-refractivity contribution in [2.24, 2.45) is 0 Å². The second-order valence-corrected chi connectivity index (χ2v) is 7.16. The van der Waals surface area contributed by atoms with Crippen molar-refractivity contribution in [1.82, 2.24) is 0 Å². The molecule has 116 valence electrons. The second kappa shape index (κ2) is 6.06. The SMILES string of the molecule is CCCC1=Cc2cc(OCC(=O)O)c(Cl)c(Cl)c2S1([O-])[O-]. The van der Waals surface area contributed by atoms with Gasteiger partial charge in [-0.05, 0) is 29.0 Å². The number of ether oxygens (including phenoxy) is 1. The molecular formula is C13H12Cl2O5S-2. The third kappa shape index (κ3) is 3.00. The lowest BCUT2D eigenvalue weighted by Gasteiger charge is -2.59. The molecule has 8 heteroatoms. The van der Waals surface area contributed by atoms with Gasteiger partial charge in [-0.3, -0.25) is 0 Å². The maximum Gasteiger partial charge on any atom is 0.341 e. The number of carboxylic acids is 1. The van der Waals surface area contributed by atoms with Crippen molar-refractivity contribution in [2.75, 3.05) is 6.61 Å². The van der Waals surface area contributed by atoms with Gasteiger partial charge in [0.25, 0.3) is 0 Å². The lowest BCUT2D eigenvalue weighted by Crippen LogP contribution is -2.10. The lowest BCUT2D eigenvalue weighted by atomic mass is 10.2. The van der Waals surface area contributed by atoms with E-state index in [1.165, 1.54) is 12.1 Å². The minimum Gasteiger partial charge on any atom is -0.792 e. The molecule has 1 aromatic rings. The van der Waals surface area contributed by atoms with Crippen LogP contribution >= 0.6 is 33.8 Å². The van der Waals surface area contributed by atoms with Crippen LogP contribution in [0.3, 0.4) is 0 Å². The van der Waals surface area contributed by atoms with Gasteiger partial charge in [0.1, 0.15) is 10.8 Å². The highest BCUT2D eigenvalue weighted by atomic mass is 35.5. The quantitative estimate of drug-likeness (QED) is 0.864. The average molecular weight is 351 g/mol. The van der Waals surface area contributed by atoms with Crippen molar-refractivity contribution in [2.45, 2.75) is 24.7 Å². The van der Waals surface area contributed by atoms with Crippen LogP contribution in [0, 0.1) is 0 Å². The molecule has 1 aromatic carbocycles. The van der Waals surface area contributed by atoms with Gasteiger partial charge in [-0.15, -0.1) is 0 Å². The molecule has 1 aliphatic rings. The monoisotopic (exact) mass is 350 g/mol. The van der Waals surface area contributed by atoms with Gasteiger partial charge in [0.2, 0.25) is 0 Å². The summed E-state index contributed by atoms with van der Waals surface area (Å²) in [6, 6.07) is 1.40. The highest BCUT2D eigenvalue weighted by Crippen LogP contribution is 2.66. The Labute approximate surface area is 133 Å². The van der Waals surface area contributed by atoms with Crippen LogP contribution in [0.5, 0.6) is 5.75 Å². The number of rotatable bonds is 5. The number of carbonyl (C=O) groups is 1. The summed E-state index contributed by atoms with van der Waals surface area (Å²) in [6.07, 6.45) is 2.59. The summed E-state index contributed by atoms with van der Waals surface area (Å²) in [5, 5.41) is 8.37. The van der Waals surface area contributed by atoms with E-state index in [9.17, 15) is 13.9 Å². The minimum absolute atomic E-state index is 0.0414. The topological polar surface area (TPSA) is 92.7 Å². The maximum absolute atomic E-state index is 12.4. The molecule has 0 aliphatic carbocycles. The predicted molar refractivity (Wildman–Crippen MR) is 79.9 cm³/mol. The zero-order valence-electron chi connectivity index (χ0n) is 11.0. The Kier molecular flexibility index (Phi) is 4.75. The summed E-state index contributed by atoms with van der Waals surface area (Å²) in [4.78, 5) is 10.8. The molecule has 0 bridgehead atoms. The minimum atomic E-state index is -3.64. The molecule has 21 heavy (non-hydrogen) atoms. The standard InChI is InChI=1S/C13H14Cl2O5S/c1-2-3-8-4-7-5-9(20-6-10(16)17)11(14)12(15)13(7)21(8,18)19/h4-5,18-19H,2-3,6H2,1H3,(H,16,17)/p-2. The van der Waals surface area contributed by atoms with Gasteiger partial charge in [0, 0.05) is 4.90 Å². The van der Waals surface area contributed by atoms with Crippen LogP contribution in [0.4, 0.5) is 0 Å². The first-order valence-corrected chi connectivity index (χ1v) is 8.35. The molecule has 0 radical (unpaired) electrons. The molecule has 0 saturated heterocycles. The maximum atomic E-state index is 12.4. The molecule has 0 amide bonds. The van der Waals surface area contributed by atoms with Gasteiger partial charge < -0.3 is 29.5 Å². The van der Waals surface area contributed by atoms with Gasteiger partial charge in [-0.1, -0.05) is 36.5 Å². The van der Waals surface area contributed by atoms with Crippen molar-refractivity contribution in [3.63, 3.8) is 0 Å². The highest BCUT2D eigenvalue weighted by Gasteiger charge is 2.24. The number of hydrogen-bond donors (Lipinski definition) is 1. The Morgan fingerprint density at radius 2 is 2.05 bits per heavy atom. The van der Waals surface area contributed by atoms with Crippen molar-refractivity contribution >= 4 is 45.8 Å². The van der Waals surface area contributed by atoms with E-state index in [0.717, 1.165) is 0 Å². The predicted octanol–water partition coefficient (Wildman–Crippen LogP) is 4.04. The van der Waals surface area contributed by atoms with E-state index in [2.05, 4.69) is 0 Å². The van der Waals surface area contributed by atoms with E-state index in [1.54, 1.807) is 0 Å². The number of carboxylic acid groups (broad SMARTS) is 1. The summed E-state index contributed by atoms with van der Waals surface area (Å²) < 4.78 is 29.8. The van der Waals surface area contributed by atoms with Crippen molar-refractivity contribution in [3.05, 3.63) is 26.6 Å². The van der Waals surface area contributed by atoms with Crippen LogP contribution in [0.15, 0.2) is 15.9 Å². The summed E-state index contributed by atoms with van der Waals surface area (Å²) in [6.45, 7) is 1.28. The number of halogens is 2. The lowest BCUT2D eigenvalue weighted by molar-refractivity contribution is -0.139. The largest absolute Gasteiger partial charge is 0.792 e. The van der Waals surface area contributed by atoms with Gasteiger partial charge in [0.15, 0.2) is 6.61 Å². The third-order valence-corrected chi connectivity index (χ3v) is 5.89. The van der Waals surface area contributed by atoms with Crippen LogP contribution in [0.25, 0.3) is 6.08 Å². The Morgan fingerprint density at radius 1 is 1.38 bits per heavy atom. The zero-order chi connectivity index (χ0) is 15.8. The first kappa shape index (κ1) is 16.5. The van der Waals surface area contributed by atoms with Crippen LogP contribution < -0.4 is 4.74 Å². The molecule has 1 heterocycles. The fraction of sp³-hybridized carbons (Fsp3) is 0.308. The molecule has 0 atom stereocenters. The van der Waals surface area contributed by atoms with E-state index in [0.29, 0.717) is 18.4 Å². The van der Waals surface area contributed by atoms with Gasteiger partial charge in [0.05, 0.1) is 5.02 Å². The normalized spacial score (nSPS) is 17.1. The van der Waals surface area contributed by atoms with Crippen molar-refractivity contribution in [1.29, 1.82) is 0 Å². The number of hydrogen-bond acceptors (Lipinski definition) is 4. The van der Waals surface area contributed by atoms with E-state index >= 15 is 0 Å². The number of allylic oxidation sites excluding steroid dienone is 1. The third-order valence-electron chi connectivity index (χ3n) is 2.94. The fourth-order valence-corrected chi connectivity index (χ4v) is 4.61. The first-order valence-electron chi connectivity index (χ1n) is 6.11. The Hall–Kier alpha value is -0.920. The van der Waals surface area contributed by atoms with Crippen LogP contribution in [0.2, 0.25) is 10.0 Å². The van der Waals surface area contributed by atoms with Gasteiger partial charge in [-0.2, -0.15) is 0 Å². The molecule has 0 aromatic heterocycles. The molecule has 1 aliphatic heterocycles. The number of sulfone groups is 1. The summed E-state index contributed by atoms with van der Waals surface area (Å²) in [5.74, 6) is -1.12. The second-order valence-electron chi connectivity index (χ2n) is 4.47. The van der Waals surface area contributed by atoms with Crippen LogP contribution in [-0.4, -0.2) is 26.8 Å². The molecule has 5 nitrogen and oxygen atoms in total. The number of aliphatic carboxylic acids is 1. The van der Waals surface area contributed by atoms with E-state index in [-0.39, 0.29) is 25.6 Å². The molecular weight excluding hydrogens is 339 g/mol. The van der Waals surface area contributed by atoms with Crippen molar-refractivity contribution in [3.8, 4) is 5.75 Å². The average Bonchev–Trinajstić information content (AvgIpc) is 2.64. The summed E-state index contributed by atoms with van der Waals surface area (Å²) >= 11 is 12.0.